The molecule has 9 nitrogen and oxygen atoms in total. The van der Waals surface area contributed by atoms with Crippen molar-refractivity contribution >= 4 is 21.8 Å². The van der Waals surface area contributed by atoms with Crippen LogP contribution < -0.4 is 10.3 Å². The van der Waals surface area contributed by atoms with Crippen LogP contribution in [0.3, 0.4) is 0 Å². The van der Waals surface area contributed by atoms with Crippen LogP contribution in [0.4, 0.5) is 0 Å². The van der Waals surface area contributed by atoms with E-state index in [-0.39, 0.29) is 36.3 Å². The van der Waals surface area contributed by atoms with Crippen molar-refractivity contribution in [3.05, 3.63) is 97.1 Å². The number of carbonyl (C=O) groups excluding carboxylic acids is 1. The summed E-state index contributed by atoms with van der Waals surface area (Å²) in [5.74, 6) is 0.965. The molecular formula is C31H32BrN5O4. The largest absolute Gasteiger partial charge is 0.490 e. The van der Waals surface area contributed by atoms with E-state index in [1.54, 1.807) is 14.1 Å². The molecule has 212 valence electrons. The molecule has 41 heavy (non-hydrogen) atoms. The first-order valence-corrected chi connectivity index (χ1v) is 14.6. The highest BCUT2D eigenvalue weighted by atomic mass is 79.9. The Morgan fingerprint density at radius 1 is 1.07 bits per heavy atom. The van der Waals surface area contributed by atoms with Gasteiger partial charge in [-0.25, -0.2) is 14.2 Å². The van der Waals surface area contributed by atoms with Gasteiger partial charge in [0.1, 0.15) is 11.9 Å². The number of aromatic nitrogens is 4. The van der Waals surface area contributed by atoms with Crippen LogP contribution in [0.2, 0.25) is 0 Å². The molecule has 2 aromatic carbocycles. The maximum Gasteiger partial charge on any atom is 0.263 e. The molecule has 1 N–H and O–H groups in total. The smallest absolute Gasteiger partial charge is 0.263 e. The van der Waals surface area contributed by atoms with Gasteiger partial charge in [-0.05, 0) is 88.2 Å². The third-order valence-electron chi connectivity index (χ3n) is 7.93. The van der Waals surface area contributed by atoms with E-state index in [2.05, 4.69) is 21.0 Å². The Morgan fingerprint density at radius 2 is 1.80 bits per heavy atom. The number of nitrogens with zero attached hydrogens (tertiary/aromatic N) is 5. The van der Waals surface area contributed by atoms with Gasteiger partial charge in [-0.15, -0.1) is 0 Å². The number of fused-ring (bicyclic) bond motifs is 1. The second kappa shape index (κ2) is 10.6. The Bertz CT molecular complexity index is 1700. The number of aliphatic hydroxyl groups is 1. The van der Waals surface area contributed by atoms with E-state index < -0.39 is 0 Å². The first kappa shape index (κ1) is 27.4. The maximum absolute atomic E-state index is 14.2. The highest BCUT2D eigenvalue weighted by Crippen LogP contribution is 2.28. The van der Waals surface area contributed by atoms with Crippen molar-refractivity contribution in [1.82, 2.24) is 24.2 Å². The van der Waals surface area contributed by atoms with Crippen molar-refractivity contribution in [1.29, 1.82) is 0 Å². The zero-order chi connectivity index (χ0) is 29.0. The minimum atomic E-state index is -0.296. The van der Waals surface area contributed by atoms with Gasteiger partial charge in [-0.1, -0.05) is 15.9 Å². The van der Waals surface area contributed by atoms with Gasteiger partial charge in [0.25, 0.3) is 11.5 Å². The molecule has 0 spiro atoms. The van der Waals surface area contributed by atoms with Gasteiger partial charge in [-0.3, -0.25) is 9.59 Å². The van der Waals surface area contributed by atoms with Gasteiger partial charge in [0.2, 0.25) is 5.95 Å². The van der Waals surface area contributed by atoms with E-state index in [4.69, 9.17) is 9.72 Å². The van der Waals surface area contributed by atoms with Gasteiger partial charge in [-0.2, -0.15) is 5.10 Å². The molecule has 1 saturated carbocycles. The molecule has 4 aromatic rings. The molecule has 0 saturated heterocycles. The Labute approximate surface area is 246 Å². The van der Waals surface area contributed by atoms with Crippen molar-refractivity contribution in [3.8, 4) is 17.4 Å². The molecule has 1 fully saturated rings. The molecule has 0 bridgehead atoms. The minimum absolute atomic E-state index is 0.00251. The lowest BCUT2D eigenvalue weighted by Crippen LogP contribution is -2.46. The zero-order valence-electron chi connectivity index (χ0n) is 23.5. The minimum Gasteiger partial charge on any atom is -0.490 e. The monoisotopic (exact) mass is 617 g/mol. The number of benzene rings is 2. The number of aliphatic hydroxyl groups excluding tert-OH is 1. The Balaban J connectivity index is 1.41. The van der Waals surface area contributed by atoms with E-state index in [1.807, 2.05) is 76.2 Å². The van der Waals surface area contributed by atoms with Gasteiger partial charge in [0.05, 0.1) is 29.7 Å². The number of amides is 1. The van der Waals surface area contributed by atoms with Crippen molar-refractivity contribution in [2.75, 3.05) is 0 Å². The van der Waals surface area contributed by atoms with Gasteiger partial charge in [0.15, 0.2) is 0 Å². The fraction of sp³-hybridized carbons (Fsp3) is 0.355. The molecule has 2 aromatic heterocycles. The molecule has 1 amide bonds. The Kier molecular flexibility index (Phi) is 7.07. The lowest BCUT2D eigenvalue weighted by Gasteiger charge is -2.34. The predicted molar refractivity (Wildman–Crippen MR) is 158 cm³/mol. The van der Waals surface area contributed by atoms with Crippen LogP contribution in [0.25, 0.3) is 11.6 Å². The number of ether oxygens (including phenoxy) is 1. The normalized spacial score (nSPS) is 20.0. The molecule has 10 heteroatoms. The standard InChI is InChI=1S/C31H32BrN5O4/c1-17-11-21(5-10-27(17)32)29(39)35-16-28-26(13-19(35)3)30(40)36(31(33-28)37-20(4)12-18(2)34-37)22-6-8-24(9-7-22)41-25-14-23(38)15-25/h5-12,19,23,25,38H,13-16H2,1-4H3/t19-,23-,25+/m1/s1. The molecule has 0 radical (unpaired) electrons. The fourth-order valence-corrected chi connectivity index (χ4v) is 5.81. The van der Waals surface area contributed by atoms with Crippen molar-refractivity contribution in [3.63, 3.8) is 0 Å². The summed E-state index contributed by atoms with van der Waals surface area (Å²) in [7, 11) is 0. The summed E-state index contributed by atoms with van der Waals surface area (Å²) in [6.07, 6.45) is 1.34. The summed E-state index contributed by atoms with van der Waals surface area (Å²) in [6, 6.07) is 14.7. The molecule has 6 rings (SSSR count). The number of rotatable bonds is 5. The van der Waals surface area contributed by atoms with E-state index in [0.29, 0.717) is 53.5 Å². The van der Waals surface area contributed by atoms with Crippen molar-refractivity contribution in [2.45, 2.75) is 71.8 Å². The number of aryl methyl sites for hydroxylation is 3. The van der Waals surface area contributed by atoms with Crippen LogP contribution in [0.5, 0.6) is 5.75 Å². The van der Waals surface area contributed by atoms with Crippen LogP contribution in [-0.2, 0) is 13.0 Å². The van der Waals surface area contributed by atoms with E-state index >= 15 is 0 Å². The summed E-state index contributed by atoms with van der Waals surface area (Å²) < 4.78 is 10.2. The summed E-state index contributed by atoms with van der Waals surface area (Å²) in [6.45, 7) is 7.97. The van der Waals surface area contributed by atoms with Crippen molar-refractivity contribution < 1.29 is 14.6 Å². The molecule has 1 aliphatic carbocycles. The molecule has 3 heterocycles. The van der Waals surface area contributed by atoms with Crippen LogP contribution >= 0.6 is 15.9 Å². The SMILES string of the molecule is Cc1cc(C)n(-c2nc3c(c(=O)n2-c2ccc(O[C@H]4C[C@@H](O)C4)cc2)C[C@@H](C)N(C(=O)c2ccc(Br)c(C)c2)C3)n1. The maximum atomic E-state index is 14.2. The van der Waals surface area contributed by atoms with E-state index in [1.165, 1.54) is 0 Å². The predicted octanol–water partition coefficient (Wildman–Crippen LogP) is 4.60. The summed E-state index contributed by atoms with van der Waals surface area (Å²) >= 11 is 3.51. The third-order valence-corrected chi connectivity index (χ3v) is 8.82. The van der Waals surface area contributed by atoms with E-state index in [0.717, 1.165) is 21.4 Å². The Morgan fingerprint density at radius 3 is 2.44 bits per heavy atom. The second-order valence-corrected chi connectivity index (χ2v) is 12.0. The fourth-order valence-electron chi connectivity index (χ4n) is 5.57. The number of carbonyl (C=O) groups is 1. The molecule has 1 aliphatic heterocycles. The number of hydrogen-bond acceptors (Lipinski definition) is 6. The summed E-state index contributed by atoms with van der Waals surface area (Å²) in [4.78, 5) is 34.5. The van der Waals surface area contributed by atoms with Gasteiger partial charge < -0.3 is 14.7 Å². The average Bonchev–Trinajstić information content (AvgIpc) is 3.27. The highest BCUT2D eigenvalue weighted by Gasteiger charge is 2.33. The molecule has 2 aliphatic rings. The van der Waals surface area contributed by atoms with Crippen LogP contribution in [-0.4, -0.2) is 53.5 Å². The Hall–Kier alpha value is -3.76. The van der Waals surface area contributed by atoms with Gasteiger partial charge in [0, 0.05) is 40.2 Å². The zero-order valence-corrected chi connectivity index (χ0v) is 25.1. The third kappa shape index (κ3) is 5.10. The number of halogens is 1. The molecular weight excluding hydrogens is 586 g/mol. The molecule has 0 unspecified atom stereocenters. The van der Waals surface area contributed by atoms with Crippen LogP contribution in [0.15, 0.2) is 57.8 Å². The summed E-state index contributed by atoms with van der Waals surface area (Å²) in [5, 5.41) is 14.2. The lowest BCUT2D eigenvalue weighted by atomic mass is 9.92. The lowest BCUT2D eigenvalue weighted by molar-refractivity contribution is -0.0107. The summed E-state index contributed by atoms with van der Waals surface area (Å²) in [5.41, 5.74) is 4.89. The van der Waals surface area contributed by atoms with E-state index in [9.17, 15) is 14.7 Å². The topological polar surface area (TPSA) is 102 Å². The average molecular weight is 619 g/mol. The van der Waals surface area contributed by atoms with Crippen LogP contribution in [0, 0.1) is 20.8 Å². The van der Waals surface area contributed by atoms with Crippen LogP contribution in [0.1, 0.15) is 58.3 Å². The quantitative estimate of drug-likeness (QED) is 0.351. The van der Waals surface area contributed by atoms with Gasteiger partial charge >= 0.3 is 0 Å². The first-order chi connectivity index (χ1) is 19.6. The highest BCUT2D eigenvalue weighted by molar-refractivity contribution is 9.10. The molecule has 1 atom stereocenters. The number of hydrogen-bond donors (Lipinski definition) is 1. The first-order valence-electron chi connectivity index (χ1n) is 13.8. The second-order valence-electron chi connectivity index (χ2n) is 11.1. The van der Waals surface area contributed by atoms with Crippen molar-refractivity contribution in [2.24, 2.45) is 0 Å².